The molecule has 114 valence electrons. The first-order valence-corrected chi connectivity index (χ1v) is 7.58. The number of carbonyl (C=O) groups excluding carboxylic acids is 1. The van der Waals surface area contributed by atoms with Crippen molar-refractivity contribution >= 4 is 12.0 Å². The molecule has 2 heterocycles. The van der Waals surface area contributed by atoms with Gasteiger partial charge in [-0.2, -0.15) is 0 Å². The van der Waals surface area contributed by atoms with Crippen LogP contribution in [0.4, 0.5) is 4.79 Å². The fourth-order valence-corrected chi connectivity index (χ4v) is 3.05. The maximum Gasteiger partial charge on any atom is 0.320 e. The van der Waals surface area contributed by atoms with Gasteiger partial charge in [0.2, 0.25) is 0 Å². The van der Waals surface area contributed by atoms with Crippen LogP contribution in [-0.2, 0) is 4.79 Å². The number of nitrogens with zero attached hydrogens (tertiary/aromatic N) is 3. The molecule has 1 N–H and O–H groups in total. The van der Waals surface area contributed by atoms with Crippen molar-refractivity contribution in [1.82, 2.24) is 14.7 Å². The van der Waals surface area contributed by atoms with Crippen molar-refractivity contribution in [1.29, 1.82) is 0 Å². The monoisotopic (exact) mass is 283 g/mol. The van der Waals surface area contributed by atoms with Gasteiger partial charge in [0, 0.05) is 39.3 Å². The summed E-state index contributed by atoms with van der Waals surface area (Å²) in [4.78, 5) is 29.0. The van der Waals surface area contributed by atoms with Crippen LogP contribution in [0.3, 0.4) is 0 Å². The Morgan fingerprint density at radius 3 is 2.55 bits per heavy atom. The van der Waals surface area contributed by atoms with Crippen LogP contribution in [0.2, 0.25) is 0 Å². The van der Waals surface area contributed by atoms with Gasteiger partial charge in [-0.25, -0.2) is 4.79 Å². The maximum atomic E-state index is 12.5. The molecular formula is C14H25N3O3. The van der Waals surface area contributed by atoms with E-state index in [0.717, 1.165) is 45.4 Å². The van der Waals surface area contributed by atoms with Crippen LogP contribution in [0, 0.1) is 5.92 Å². The van der Waals surface area contributed by atoms with E-state index in [-0.39, 0.29) is 12.6 Å². The average molecular weight is 283 g/mol. The molecule has 0 aliphatic carbocycles. The Balaban J connectivity index is 1.84. The van der Waals surface area contributed by atoms with Crippen molar-refractivity contribution in [3.05, 3.63) is 0 Å². The van der Waals surface area contributed by atoms with Crippen molar-refractivity contribution in [3.8, 4) is 0 Å². The molecular weight excluding hydrogens is 258 g/mol. The van der Waals surface area contributed by atoms with E-state index in [1.54, 1.807) is 0 Å². The van der Waals surface area contributed by atoms with E-state index in [0.29, 0.717) is 19.0 Å². The van der Waals surface area contributed by atoms with Gasteiger partial charge in [0.05, 0.1) is 6.54 Å². The molecule has 2 amide bonds. The molecule has 0 spiro atoms. The molecule has 1 atom stereocenters. The lowest BCUT2D eigenvalue weighted by Gasteiger charge is -2.27. The summed E-state index contributed by atoms with van der Waals surface area (Å²) in [5, 5.41) is 8.83. The zero-order valence-electron chi connectivity index (χ0n) is 12.3. The van der Waals surface area contributed by atoms with Gasteiger partial charge in [0.1, 0.15) is 0 Å². The molecule has 0 radical (unpaired) electrons. The van der Waals surface area contributed by atoms with Crippen molar-refractivity contribution in [2.24, 2.45) is 5.92 Å². The zero-order valence-corrected chi connectivity index (χ0v) is 12.3. The first-order valence-electron chi connectivity index (χ1n) is 7.58. The highest BCUT2D eigenvalue weighted by Gasteiger charge is 2.29. The van der Waals surface area contributed by atoms with Gasteiger partial charge in [-0.1, -0.05) is 13.3 Å². The fraction of sp³-hybridized carbons (Fsp3) is 0.857. The predicted molar refractivity (Wildman–Crippen MR) is 75.6 cm³/mol. The number of likely N-dealkylation sites (tertiary alicyclic amines) is 1. The topological polar surface area (TPSA) is 64.1 Å². The van der Waals surface area contributed by atoms with Crippen molar-refractivity contribution in [3.63, 3.8) is 0 Å². The average Bonchev–Trinajstić information content (AvgIpc) is 2.78. The number of carbonyl (C=O) groups is 2. The Bertz CT molecular complexity index is 362. The molecule has 2 aliphatic rings. The van der Waals surface area contributed by atoms with Gasteiger partial charge >= 0.3 is 12.0 Å². The normalized spacial score (nSPS) is 24.8. The van der Waals surface area contributed by atoms with Gasteiger partial charge < -0.3 is 14.9 Å². The fourth-order valence-electron chi connectivity index (χ4n) is 3.05. The summed E-state index contributed by atoms with van der Waals surface area (Å²) < 4.78 is 0. The van der Waals surface area contributed by atoms with Crippen molar-refractivity contribution < 1.29 is 14.7 Å². The molecule has 2 rings (SSSR count). The van der Waals surface area contributed by atoms with Gasteiger partial charge in [-0.3, -0.25) is 9.69 Å². The number of carboxylic acid groups (broad SMARTS) is 1. The summed E-state index contributed by atoms with van der Waals surface area (Å²) in [5.74, 6) is -0.149. The molecule has 1 unspecified atom stereocenters. The Kier molecular flexibility index (Phi) is 5.23. The lowest BCUT2D eigenvalue weighted by Crippen LogP contribution is -2.44. The SMILES string of the molecule is CCC1CCN(C(=O)N2CCCN(CC(=O)O)CC2)C1. The summed E-state index contributed by atoms with van der Waals surface area (Å²) in [6, 6.07) is 0.137. The molecule has 0 aromatic heterocycles. The second-order valence-corrected chi connectivity index (χ2v) is 5.80. The molecule has 2 saturated heterocycles. The number of rotatable bonds is 3. The first kappa shape index (κ1) is 15.1. The minimum Gasteiger partial charge on any atom is -0.480 e. The summed E-state index contributed by atoms with van der Waals surface area (Å²) in [7, 11) is 0. The molecule has 0 aromatic rings. The quantitative estimate of drug-likeness (QED) is 0.837. The second-order valence-electron chi connectivity index (χ2n) is 5.80. The van der Waals surface area contributed by atoms with Gasteiger partial charge in [0.25, 0.3) is 0 Å². The van der Waals surface area contributed by atoms with Crippen LogP contribution in [0.5, 0.6) is 0 Å². The Labute approximate surface area is 120 Å². The first-order chi connectivity index (χ1) is 9.60. The van der Waals surface area contributed by atoms with Crippen molar-refractivity contribution in [2.45, 2.75) is 26.2 Å². The lowest BCUT2D eigenvalue weighted by atomic mass is 10.1. The van der Waals surface area contributed by atoms with Crippen LogP contribution in [0.25, 0.3) is 0 Å². The molecule has 2 fully saturated rings. The number of carboxylic acids is 1. The van der Waals surface area contributed by atoms with Crippen LogP contribution in [0.15, 0.2) is 0 Å². The highest BCUT2D eigenvalue weighted by atomic mass is 16.4. The number of hydrogen-bond acceptors (Lipinski definition) is 3. The minimum atomic E-state index is -0.796. The van der Waals surface area contributed by atoms with Crippen LogP contribution in [0.1, 0.15) is 26.2 Å². The van der Waals surface area contributed by atoms with E-state index in [4.69, 9.17) is 5.11 Å². The number of aliphatic carboxylic acids is 1. The Morgan fingerprint density at radius 1 is 1.10 bits per heavy atom. The molecule has 6 heteroatoms. The van der Waals surface area contributed by atoms with Crippen LogP contribution in [-0.4, -0.2) is 77.6 Å². The number of amides is 2. The third-order valence-corrected chi connectivity index (χ3v) is 4.35. The highest BCUT2D eigenvalue weighted by Crippen LogP contribution is 2.20. The van der Waals surface area contributed by atoms with Gasteiger partial charge in [0.15, 0.2) is 0 Å². The zero-order chi connectivity index (χ0) is 14.5. The predicted octanol–water partition coefficient (Wildman–Crippen LogP) is 0.931. The Hall–Kier alpha value is -1.30. The van der Waals surface area contributed by atoms with E-state index in [1.807, 2.05) is 14.7 Å². The standard InChI is InChI=1S/C14H25N3O3/c1-2-12-4-7-17(10-12)14(20)16-6-3-5-15(8-9-16)11-13(18)19/h12H,2-11H2,1H3,(H,18,19). The molecule has 0 bridgehead atoms. The van der Waals surface area contributed by atoms with E-state index >= 15 is 0 Å². The largest absolute Gasteiger partial charge is 0.480 e. The molecule has 0 saturated carbocycles. The van der Waals surface area contributed by atoms with E-state index in [2.05, 4.69) is 6.92 Å². The second kappa shape index (κ2) is 6.92. The van der Waals surface area contributed by atoms with Gasteiger partial charge in [-0.15, -0.1) is 0 Å². The summed E-state index contributed by atoms with van der Waals surface area (Å²) in [6.07, 6.45) is 3.10. The van der Waals surface area contributed by atoms with E-state index < -0.39 is 5.97 Å². The minimum absolute atomic E-state index is 0.0731. The molecule has 0 aromatic carbocycles. The summed E-state index contributed by atoms with van der Waals surface area (Å²) in [6.45, 7) is 6.79. The van der Waals surface area contributed by atoms with Crippen molar-refractivity contribution in [2.75, 3.05) is 45.8 Å². The third kappa shape index (κ3) is 3.85. The molecule has 2 aliphatic heterocycles. The number of urea groups is 1. The summed E-state index contributed by atoms with van der Waals surface area (Å²) >= 11 is 0. The van der Waals surface area contributed by atoms with E-state index in [1.165, 1.54) is 0 Å². The third-order valence-electron chi connectivity index (χ3n) is 4.35. The van der Waals surface area contributed by atoms with E-state index in [9.17, 15) is 9.59 Å². The summed E-state index contributed by atoms with van der Waals surface area (Å²) in [5.41, 5.74) is 0. The lowest BCUT2D eigenvalue weighted by molar-refractivity contribution is -0.138. The number of hydrogen-bond donors (Lipinski definition) is 1. The highest BCUT2D eigenvalue weighted by molar-refractivity contribution is 5.75. The van der Waals surface area contributed by atoms with Crippen LogP contribution >= 0.6 is 0 Å². The molecule has 6 nitrogen and oxygen atoms in total. The van der Waals surface area contributed by atoms with Crippen LogP contribution < -0.4 is 0 Å². The van der Waals surface area contributed by atoms with Gasteiger partial charge in [-0.05, 0) is 18.8 Å². The smallest absolute Gasteiger partial charge is 0.320 e. The molecule has 20 heavy (non-hydrogen) atoms. The Morgan fingerprint density at radius 2 is 1.90 bits per heavy atom. The maximum absolute atomic E-state index is 12.5.